The van der Waals surface area contributed by atoms with Crippen LogP contribution in [0, 0.1) is 6.92 Å². The van der Waals surface area contributed by atoms with Crippen LogP contribution in [0.25, 0.3) is 0 Å². The molecule has 0 saturated carbocycles. The van der Waals surface area contributed by atoms with Crippen LogP contribution in [0.1, 0.15) is 40.8 Å². The molecule has 2 N–H and O–H groups in total. The molecular formula is C21H31IN4OS. The second-order valence-electron chi connectivity index (χ2n) is 7.06. The molecule has 7 heteroatoms. The van der Waals surface area contributed by atoms with Crippen LogP contribution < -0.4 is 10.6 Å². The Hall–Kier alpha value is -1.19. The second kappa shape index (κ2) is 11.1. The fraction of sp³-hybridized carbons (Fsp3) is 0.524. The van der Waals surface area contributed by atoms with Gasteiger partial charge in [-0.1, -0.05) is 31.2 Å². The van der Waals surface area contributed by atoms with E-state index in [9.17, 15) is 0 Å². The lowest BCUT2D eigenvalue weighted by Crippen LogP contribution is -2.48. The topological polar surface area (TPSA) is 58.5 Å². The van der Waals surface area contributed by atoms with Gasteiger partial charge in [0.2, 0.25) is 0 Å². The molecule has 3 rings (SSSR count). The van der Waals surface area contributed by atoms with Crippen molar-refractivity contribution in [1.29, 1.82) is 0 Å². The average Bonchev–Trinajstić information content (AvgIpc) is 3.17. The van der Waals surface area contributed by atoms with Gasteiger partial charge in [-0.25, -0.2) is 4.98 Å². The van der Waals surface area contributed by atoms with Crippen LogP contribution in [-0.2, 0) is 23.1 Å². The Morgan fingerprint density at radius 3 is 2.64 bits per heavy atom. The third-order valence-corrected chi connectivity index (χ3v) is 6.48. The quantitative estimate of drug-likeness (QED) is 0.347. The van der Waals surface area contributed by atoms with Crippen molar-refractivity contribution in [2.24, 2.45) is 4.99 Å². The molecule has 1 saturated heterocycles. The summed E-state index contributed by atoms with van der Waals surface area (Å²) < 4.78 is 5.66. The molecule has 0 bridgehead atoms. The van der Waals surface area contributed by atoms with Gasteiger partial charge in [0.25, 0.3) is 0 Å². The number of aliphatic imine (C=N–C) groups is 1. The van der Waals surface area contributed by atoms with E-state index >= 15 is 0 Å². The van der Waals surface area contributed by atoms with E-state index in [1.807, 2.05) is 13.2 Å². The largest absolute Gasteiger partial charge is 0.381 e. The van der Waals surface area contributed by atoms with E-state index in [1.54, 1.807) is 11.3 Å². The lowest BCUT2D eigenvalue weighted by atomic mass is 9.72. The molecule has 1 fully saturated rings. The zero-order valence-corrected chi connectivity index (χ0v) is 20.1. The standard InChI is InChI=1S/C21H30N4OS.HI/c1-4-17-13-23-19(27-17)14-24-20(22-3)25-15-21(9-11-26-12-10-21)18-8-6-5-7-16(18)2;/h5-8,13H,4,9-12,14-15H2,1-3H3,(H2,22,24,25);1H. The van der Waals surface area contributed by atoms with Crippen molar-refractivity contribution in [2.75, 3.05) is 26.8 Å². The maximum Gasteiger partial charge on any atom is 0.191 e. The van der Waals surface area contributed by atoms with Crippen LogP contribution in [0.4, 0.5) is 0 Å². The molecule has 0 aliphatic carbocycles. The normalized spacial score (nSPS) is 16.3. The number of rotatable bonds is 6. The van der Waals surface area contributed by atoms with Crippen LogP contribution >= 0.6 is 35.3 Å². The summed E-state index contributed by atoms with van der Waals surface area (Å²) in [6, 6.07) is 8.71. The molecular weight excluding hydrogens is 483 g/mol. The number of ether oxygens (including phenoxy) is 1. The highest BCUT2D eigenvalue weighted by atomic mass is 127. The number of hydrogen-bond donors (Lipinski definition) is 2. The van der Waals surface area contributed by atoms with E-state index in [1.165, 1.54) is 16.0 Å². The van der Waals surface area contributed by atoms with Gasteiger partial charge in [-0.3, -0.25) is 4.99 Å². The highest BCUT2D eigenvalue weighted by molar-refractivity contribution is 14.0. The van der Waals surface area contributed by atoms with Gasteiger partial charge in [0.05, 0.1) is 6.54 Å². The smallest absolute Gasteiger partial charge is 0.191 e. The Morgan fingerprint density at radius 1 is 1.25 bits per heavy atom. The molecule has 28 heavy (non-hydrogen) atoms. The Morgan fingerprint density at radius 2 is 2.00 bits per heavy atom. The molecule has 5 nitrogen and oxygen atoms in total. The fourth-order valence-electron chi connectivity index (χ4n) is 3.70. The first-order valence-corrected chi connectivity index (χ1v) is 10.5. The summed E-state index contributed by atoms with van der Waals surface area (Å²) in [5.74, 6) is 0.822. The minimum atomic E-state index is 0. The minimum absolute atomic E-state index is 0. The first-order chi connectivity index (χ1) is 13.2. The van der Waals surface area contributed by atoms with Crippen LogP contribution in [0.2, 0.25) is 0 Å². The number of nitrogens with one attached hydrogen (secondary N) is 2. The molecule has 0 amide bonds. The van der Waals surface area contributed by atoms with Crippen molar-refractivity contribution in [3.8, 4) is 0 Å². The number of aromatic nitrogens is 1. The van der Waals surface area contributed by atoms with Crippen molar-refractivity contribution < 1.29 is 4.74 Å². The molecule has 0 atom stereocenters. The van der Waals surface area contributed by atoms with E-state index in [0.29, 0.717) is 6.54 Å². The molecule has 2 aromatic rings. The van der Waals surface area contributed by atoms with Crippen molar-refractivity contribution >= 4 is 41.3 Å². The maximum atomic E-state index is 5.66. The van der Waals surface area contributed by atoms with Gasteiger partial charge in [0.1, 0.15) is 5.01 Å². The lowest BCUT2D eigenvalue weighted by molar-refractivity contribution is 0.0512. The molecule has 0 unspecified atom stereocenters. The highest BCUT2D eigenvalue weighted by Crippen LogP contribution is 2.36. The molecule has 1 aromatic heterocycles. The number of guanidine groups is 1. The summed E-state index contributed by atoms with van der Waals surface area (Å²) >= 11 is 1.76. The summed E-state index contributed by atoms with van der Waals surface area (Å²) in [6.07, 6.45) is 5.04. The summed E-state index contributed by atoms with van der Waals surface area (Å²) in [4.78, 5) is 10.2. The molecule has 1 aromatic carbocycles. The van der Waals surface area contributed by atoms with Crippen molar-refractivity contribution in [2.45, 2.75) is 45.1 Å². The van der Waals surface area contributed by atoms with Crippen molar-refractivity contribution in [3.05, 3.63) is 51.5 Å². The molecule has 1 aliphatic heterocycles. The van der Waals surface area contributed by atoms with Gasteiger partial charge >= 0.3 is 0 Å². The number of aryl methyl sites for hydroxylation is 2. The van der Waals surface area contributed by atoms with Gasteiger partial charge in [-0.15, -0.1) is 35.3 Å². The first kappa shape index (κ1) is 23.1. The Kier molecular flexibility index (Phi) is 9.17. The Bertz CT molecular complexity index is 771. The van der Waals surface area contributed by atoms with Crippen LogP contribution in [0.3, 0.4) is 0 Å². The molecule has 0 radical (unpaired) electrons. The van der Waals surface area contributed by atoms with Gasteiger partial charge in [0.15, 0.2) is 5.96 Å². The van der Waals surface area contributed by atoms with E-state index < -0.39 is 0 Å². The third kappa shape index (κ3) is 5.67. The van der Waals surface area contributed by atoms with Crippen molar-refractivity contribution in [1.82, 2.24) is 15.6 Å². The maximum absolute atomic E-state index is 5.66. The SMILES string of the molecule is CCc1cnc(CNC(=NC)NCC2(c3ccccc3C)CCOCC2)s1.I. The second-order valence-corrected chi connectivity index (χ2v) is 8.26. The number of hydrogen-bond acceptors (Lipinski definition) is 4. The molecule has 154 valence electrons. The number of benzene rings is 1. The summed E-state index contributed by atoms with van der Waals surface area (Å²) in [5, 5.41) is 8.05. The zero-order chi connectivity index (χ0) is 19.1. The van der Waals surface area contributed by atoms with Crippen LogP contribution in [0.5, 0.6) is 0 Å². The Balaban J connectivity index is 0.00000280. The summed E-state index contributed by atoms with van der Waals surface area (Å²) in [5.41, 5.74) is 2.85. The molecule has 1 aliphatic rings. The highest BCUT2D eigenvalue weighted by Gasteiger charge is 2.35. The summed E-state index contributed by atoms with van der Waals surface area (Å²) in [6.45, 7) is 7.52. The van der Waals surface area contributed by atoms with E-state index in [-0.39, 0.29) is 29.4 Å². The first-order valence-electron chi connectivity index (χ1n) is 9.69. The predicted octanol–water partition coefficient (Wildman–Crippen LogP) is 4.05. The number of halogens is 1. The molecule has 2 heterocycles. The average molecular weight is 514 g/mol. The van der Waals surface area contributed by atoms with Gasteiger partial charge in [-0.2, -0.15) is 0 Å². The molecule has 0 spiro atoms. The monoisotopic (exact) mass is 514 g/mol. The minimum Gasteiger partial charge on any atom is -0.381 e. The number of nitrogens with zero attached hydrogens (tertiary/aromatic N) is 2. The van der Waals surface area contributed by atoms with Gasteiger partial charge < -0.3 is 15.4 Å². The van der Waals surface area contributed by atoms with E-state index in [4.69, 9.17) is 4.74 Å². The fourth-order valence-corrected chi connectivity index (χ4v) is 4.50. The summed E-state index contributed by atoms with van der Waals surface area (Å²) in [7, 11) is 1.82. The van der Waals surface area contributed by atoms with E-state index in [0.717, 1.165) is 50.0 Å². The van der Waals surface area contributed by atoms with E-state index in [2.05, 4.69) is 58.7 Å². The third-order valence-electron chi connectivity index (χ3n) is 5.34. The van der Waals surface area contributed by atoms with Crippen molar-refractivity contribution in [3.63, 3.8) is 0 Å². The Labute approximate surface area is 189 Å². The van der Waals surface area contributed by atoms with Crippen LogP contribution in [-0.4, -0.2) is 37.7 Å². The number of thiazole rings is 1. The zero-order valence-electron chi connectivity index (χ0n) is 17.0. The van der Waals surface area contributed by atoms with Gasteiger partial charge in [0, 0.05) is 43.3 Å². The predicted molar refractivity (Wildman–Crippen MR) is 128 cm³/mol. The van der Waals surface area contributed by atoms with Crippen LogP contribution in [0.15, 0.2) is 35.5 Å². The van der Waals surface area contributed by atoms with Gasteiger partial charge in [-0.05, 0) is 37.3 Å². The lowest BCUT2D eigenvalue weighted by Gasteiger charge is -2.39.